The lowest BCUT2D eigenvalue weighted by Crippen LogP contribution is -2.25. The van der Waals surface area contributed by atoms with Crippen LogP contribution in [0.4, 0.5) is 0 Å². The van der Waals surface area contributed by atoms with Gasteiger partial charge < -0.3 is 14.0 Å². The molecule has 10 heteroatoms. The molecule has 1 aromatic carbocycles. The van der Waals surface area contributed by atoms with E-state index in [1.165, 1.54) is 7.11 Å². The fourth-order valence-corrected chi connectivity index (χ4v) is 4.34. The van der Waals surface area contributed by atoms with E-state index in [0.717, 1.165) is 27.1 Å². The van der Waals surface area contributed by atoms with Crippen molar-refractivity contribution in [1.82, 2.24) is 15.0 Å². The molecule has 2 heterocycles. The number of benzene rings is 1. The Bertz CT molecular complexity index is 1290. The van der Waals surface area contributed by atoms with Crippen LogP contribution in [-0.4, -0.2) is 35.4 Å². The number of aromatic nitrogens is 2. The van der Waals surface area contributed by atoms with Crippen molar-refractivity contribution in [2.45, 2.75) is 27.4 Å². The predicted octanol–water partition coefficient (Wildman–Crippen LogP) is 4.87. The third-order valence-corrected chi connectivity index (χ3v) is 6.79. The molecule has 3 rings (SSSR count). The number of hydrazone groups is 1. The van der Waals surface area contributed by atoms with E-state index in [1.54, 1.807) is 13.1 Å². The highest BCUT2D eigenvalue weighted by atomic mass is 79.9. The van der Waals surface area contributed by atoms with Gasteiger partial charge in [-0.25, -0.2) is 10.4 Å². The SMILES string of the molecule is COCc1c(Br)c(C)nc(OCC(=O)N/N=C/c2cc(C)n(-c3ccccc3Br)c2C)c1C#N. The summed E-state index contributed by atoms with van der Waals surface area (Å²) in [5.41, 5.74) is 7.83. The minimum atomic E-state index is -0.476. The summed E-state index contributed by atoms with van der Waals surface area (Å²) in [4.78, 5) is 16.6. The van der Waals surface area contributed by atoms with E-state index in [-0.39, 0.29) is 24.7 Å². The van der Waals surface area contributed by atoms with Crippen molar-refractivity contribution in [1.29, 1.82) is 5.26 Å². The van der Waals surface area contributed by atoms with Crippen LogP contribution in [0.2, 0.25) is 0 Å². The number of hydrogen-bond acceptors (Lipinski definition) is 6. The second-order valence-corrected chi connectivity index (χ2v) is 9.06. The monoisotopic (exact) mass is 587 g/mol. The molecule has 176 valence electrons. The van der Waals surface area contributed by atoms with Gasteiger partial charge in [0, 0.05) is 38.6 Å². The first-order chi connectivity index (χ1) is 16.3. The predicted molar refractivity (Wildman–Crippen MR) is 136 cm³/mol. The first kappa shape index (κ1) is 25.6. The topological polar surface area (TPSA) is 102 Å². The molecule has 0 atom stereocenters. The third-order valence-electron chi connectivity index (χ3n) is 5.06. The zero-order valence-electron chi connectivity index (χ0n) is 19.1. The lowest BCUT2D eigenvalue weighted by atomic mass is 10.1. The Balaban J connectivity index is 1.69. The first-order valence-electron chi connectivity index (χ1n) is 10.2. The molecule has 0 aliphatic carbocycles. The molecule has 1 amide bonds. The maximum absolute atomic E-state index is 12.3. The number of carbonyl (C=O) groups excluding carboxylic acids is 1. The largest absolute Gasteiger partial charge is 0.467 e. The molecule has 0 fully saturated rings. The van der Waals surface area contributed by atoms with Gasteiger partial charge in [0.15, 0.2) is 6.61 Å². The molecule has 0 bridgehead atoms. The second kappa shape index (κ2) is 11.4. The number of halogens is 2. The number of nitrogens with zero attached hydrogens (tertiary/aromatic N) is 4. The summed E-state index contributed by atoms with van der Waals surface area (Å²) >= 11 is 7.01. The number of rotatable bonds is 8. The molecular weight excluding hydrogens is 566 g/mol. The highest BCUT2D eigenvalue weighted by molar-refractivity contribution is 9.11. The van der Waals surface area contributed by atoms with E-state index in [9.17, 15) is 10.1 Å². The summed E-state index contributed by atoms with van der Waals surface area (Å²) in [6.45, 7) is 5.63. The van der Waals surface area contributed by atoms with E-state index in [0.29, 0.717) is 15.7 Å². The number of ether oxygens (including phenoxy) is 2. The van der Waals surface area contributed by atoms with Crippen LogP contribution in [-0.2, 0) is 16.1 Å². The Morgan fingerprint density at radius 1 is 1.29 bits per heavy atom. The summed E-state index contributed by atoms with van der Waals surface area (Å²) in [5.74, 6) is -0.401. The summed E-state index contributed by atoms with van der Waals surface area (Å²) in [6.07, 6.45) is 1.59. The third kappa shape index (κ3) is 5.55. The van der Waals surface area contributed by atoms with Gasteiger partial charge in [-0.1, -0.05) is 12.1 Å². The minimum absolute atomic E-state index is 0.0753. The van der Waals surface area contributed by atoms with E-state index >= 15 is 0 Å². The summed E-state index contributed by atoms with van der Waals surface area (Å²) in [6, 6.07) is 12.0. The molecule has 0 saturated carbocycles. The number of methoxy groups -OCH3 is 1. The molecule has 2 aromatic heterocycles. The number of amides is 1. The molecule has 0 aliphatic rings. The highest BCUT2D eigenvalue weighted by Gasteiger charge is 2.18. The first-order valence-corrected chi connectivity index (χ1v) is 11.8. The molecule has 0 radical (unpaired) electrons. The van der Waals surface area contributed by atoms with Gasteiger partial charge in [-0.2, -0.15) is 10.4 Å². The molecule has 0 spiro atoms. The number of nitriles is 1. The van der Waals surface area contributed by atoms with Gasteiger partial charge in [-0.05, 0) is 70.8 Å². The van der Waals surface area contributed by atoms with Crippen LogP contribution in [0.25, 0.3) is 5.69 Å². The number of hydrogen-bond donors (Lipinski definition) is 1. The molecule has 3 aromatic rings. The van der Waals surface area contributed by atoms with Crippen LogP contribution >= 0.6 is 31.9 Å². The van der Waals surface area contributed by atoms with Crippen LogP contribution in [0.15, 0.2) is 44.4 Å². The lowest BCUT2D eigenvalue weighted by Gasteiger charge is -2.13. The Morgan fingerprint density at radius 3 is 2.71 bits per heavy atom. The van der Waals surface area contributed by atoms with Crippen LogP contribution < -0.4 is 10.2 Å². The Morgan fingerprint density at radius 2 is 2.03 bits per heavy atom. The number of pyridine rings is 1. The average molecular weight is 589 g/mol. The van der Waals surface area contributed by atoms with Crippen molar-refractivity contribution >= 4 is 44.0 Å². The fourth-order valence-electron chi connectivity index (χ4n) is 3.48. The number of para-hydroxylation sites is 1. The van der Waals surface area contributed by atoms with Gasteiger partial charge in [0.2, 0.25) is 5.88 Å². The van der Waals surface area contributed by atoms with Crippen molar-refractivity contribution in [2.75, 3.05) is 13.7 Å². The average Bonchev–Trinajstić information content (AvgIpc) is 3.09. The summed E-state index contributed by atoms with van der Waals surface area (Å²) in [5, 5.41) is 13.6. The van der Waals surface area contributed by atoms with Crippen molar-refractivity contribution < 1.29 is 14.3 Å². The van der Waals surface area contributed by atoms with E-state index in [2.05, 4.69) is 58.0 Å². The summed E-state index contributed by atoms with van der Waals surface area (Å²) < 4.78 is 14.5. The summed E-state index contributed by atoms with van der Waals surface area (Å²) in [7, 11) is 1.53. The normalized spacial score (nSPS) is 11.0. The zero-order valence-corrected chi connectivity index (χ0v) is 22.3. The molecule has 0 unspecified atom stereocenters. The van der Waals surface area contributed by atoms with E-state index < -0.39 is 5.91 Å². The number of aryl methyl sites for hydroxylation is 2. The number of nitrogens with one attached hydrogen (secondary N) is 1. The quantitative estimate of drug-likeness (QED) is 0.299. The van der Waals surface area contributed by atoms with E-state index in [4.69, 9.17) is 9.47 Å². The standard InChI is InChI=1S/C24H23Br2N5O3/c1-14-9-17(16(3)31(14)21-8-6-5-7-20(21)25)11-28-30-22(32)13-34-24-18(10-27)19(12-33-4)23(26)15(2)29-24/h5-9,11H,12-13H2,1-4H3,(H,30,32)/b28-11+. The van der Waals surface area contributed by atoms with Gasteiger partial charge in [-0.3, -0.25) is 4.79 Å². The van der Waals surface area contributed by atoms with E-state index in [1.807, 2.05) is 44.2 Å². The molecule has 0 saturated heterocycles. The molecule has 0 aliphatic heterocycles. The Hall–Kier alpha value is -3.00. The number of carbonyl (C=O) groups is 1. The van der Waals surface area contributed by atoms with Crippen molar-refractivity contribution in [3.8, 4) is 17.6 Å². The maximum Gasteiger partial charge on any atom is 0.278 e. The fraction of sp³-hybridized carbons (Fsp3) is 0.250. The van der Waals surface area contributed by atoms with Gasteiger partial charge in [0.05, 0.1) is 24.2 Å². The van der Waals surface area contributed by atoms with Gasteiger partial charge in [-0.15, -0.1) is 0 Å². The van der Waals surface area contributed by atoms with Crippen molar-refractivity contribution in [3.63, 3.8) is 0 Å². The van der Waals surface area contributed by atoms with Crippen molar-refractivity contribution in [2.24, 2.45) is 5.10 Å². The van der Waals surface area contributed by atoms with Gasteiger partial charge >= 0.3 is 0 Å². The molecule has 1 N–H and O–H groups in total. The molecular formula is C24H23Br2N5O3. The van der Waals surface area contributed by atoms with Crippen LogP contribution in [0, 0.1) is 32.1 Å². The van der Waals surface area contributed by atoms with Gasteiger partial charge in [0.25, 0.3) is 5.91 Å². The van der Waals surface area contributed by atoms with Gasteiger partial charge in [0.1, 0.15) is 11.6 Å². The van der Waals surface area contributed by atoms with Crippen LogP contribution in [0.5, 0.6) is 5.88 Å². The second-order valence-electron chi connectivity index (χ2n) is 7.41. The molecule has 8 nitrogen and oxygen atoms in total. The molecule has 34 heavy (non-hydrogen) atoms. The van der Waals surface area contributed by atoms with Crippen LogP contribution in [0.3, 0.4) is 0 Å². The van der Waals surface area contributed by atoms with Crippen molar-refractivity contribution in [3.05, 3.63) is 73.0 Å². The highest BCUT2D eigenvalue weighted by Crippen LogP contribution is 2.30. The minimum Gasteiger partial charge on any atom is -0.467 e. The smallest absolute Gasteiger partial charge is 0.278 e. The Kier molecular flexibility index (Phi) is 8.61. The zero-order chi connectivity index (χ0) is 24.8. The Labute approximate surface area is 214 Å². The lowest BCUT2D eigenvalue weighted by molar-refractivity contribution is -0.123. The maximum atomic E-state index is 12.3. The van der Waals surface area contributed by atoms with Crippen LogP contribution in [0.1, 0.15) is 33.8 Å².